The van der Waals surface area contributed by atoms with E-state index < -0.39 is 75.4 Å². The van der Waals surface area contributed by atoms with Gasteiger partial charge in [0.15, 0.2) is 29.1 Å². The van der Waals surface area contributed by atoms with Crippen LogP contribution in [0.3, 0.4) is 0 Å². The lowest BCUT2D eigenvalue weighted by atomic mass is 9.92. The van der Waals surface area contributed by atoms with Crippen LogP contribution in [0.25, 0.3) is 0 Å². The van der Waals surface area contributed by atoms with E-state index in [1.807, 2.05) is 39.6 Å². The van der Waals surface area contributed by atoms with Crippen LogP contribution in [-0.2, 0) is 68.5 Å². The number of rotatable bonds is 50. The Balaban J connectivity index is 0.633. The van der Waals surface area contributed by atoms with Gasteiger partial charge in [0.1, 0.15) is 32.1 Å². The van der Waals surface area contributed by atoms with E-state index in [1.54, 1.807) is 63.2 Å². The minimum atomic E-state index is -1.09. The monoisotopic (exact) mass is 1900 g/mol. The number of likely N-dealkylation sites (N-methyl/N-ethyl adjacent to an activating group) is 2. The summed E-state index contributed by atoms with van der Waals surface area (Å²) >= 11 is 7.69. The van der Waals surface area contributed by atoms with Crippen molar-refractivity contribution in [3.8, 4) is 28.7 Å². The standard InChI is InChI=1S/C89H122Br2N12O22S/c1-13-55(6)80(98-82(109)67-19-15-16-26-99(67)9)88(114)100(10)68(52(2)3)45-75(125-57(8)104)85-97-66(51-126-85)81(108)95-59(39-56(7)89(115)116)40-58-20-21-70(105)65(41-58)96-76(106)22-29-119-33-35-121-31-24-92-83(110)78(90)79(91)84(111)93-25-32-122-36-34-120-30-23-77(107)103-50-61-38-54(5)49-102(61)87(113)63-43-72(118-12)74(46-69(63)103)124-28-18-14-17-27-123-73-44-64-62(42-71(73)117-11)86(112)101-48-53(4)37-60(101)47-94-64/h20-21,41-44,46-47,51-52,55-56,59-61,67-68,75,78-80,105H,4-5,13-19,22-40,45,48-50H2,1-3,6-12H3,(H,92,110)(H,93,111)(H,95,108)(H,96,106)(H,98,109)(H,115,116)/t55-,56?,59+,60-,61-,67+,68?,75+,78?,79?,80-/m0/s1. The summed E-state index contributed by atoms with van der Waals surface area (Å²) in [5, 5.41) is 36.6. The lowest BCUT2D eigenvalue weighted by Gasteiger charge is -2.38. The van der Waals surface area contributed by atoms with Crippen LogP contribution in [0.4, 0.5) is 17.1 Å². The van der Waals surface area contributed by atoms with Crippen LogP contribution in [0.15, 0.2) is 77.1 Å². The molecule has 6 heterocycles. The van der Waals surface area contributed by atoms with Gasteiger partial charge in [-0.2, -0.15) is 0 Å². The summed E-state index contributed by atoms with van der Waals surface area (Å²) in [4.78, 5) is 164. The molecule has 4 unspecified atom stereocenters. The Hall–Kier alpha value is -9.63. The fraction of sp³-hybridized carbons (Fsp3) is 0.584. The number of piperidine rings is 1. The number of likely N-dealkylation sites (tertiary alicyclic amines) is 1. The molecule has 9 amide bonds. The Morgan fingerprint density at radius 3 is 1.95 bits per heavy atom. The molecule has 0 aliphatic carbocycles. The number of amides is 9. The van der Waals surface area contributed by atoms with Crippen LogP contribution < -0.4 is 50.4 Å². The van der Waals surface area contributed by atoms with Gasteiger partial charge in [0, 0.05) is 88.9 Å². The predicted molar refractivity (Wildman–Crippen MR) is 480 cm³/mol. The third-order valence-corrected chi connectivity index (χ3v) is 26.4. The minimum absolute atomic E-state index is 0.00251. The number of aliphatic imine (C=N–C) groups is 1. The van der Waals surface area contributed by atoms with E-state index in [0.29, 0.717) is 121 Å². The van der Waals surface area contributed by atoms with E-state index in [2.05, 4.69) is 81.6 Å². The van der Waals surface area contributed by atoms with Crippen LogP contribution in [-0.4, -0.2) is 286 Å². The molecule has 7 N–H and O–H groups in total. The summed E-state index contributed by atoms with van der Waals surface area (Å²) in [7, 11) is 6.61. The number of carbonyl (C=O) groups excluding carboxylic acids is 10. The van der Waals surface area contributed by atoms with Crippen LogP contribution in [0.2, 0.25) is 0 Å². The molecule has 0 radical (unpaired) electrons. The molecule has 0 bridgehead atoms. The number of aliphatic carboxylic acids is 1. The first-order chi connectivity index (χ1) is 60.3. The number of aromatic hydroxyl groups is 1. The molecule has 5 aliphatic rings. The van der Waals surface area contributed by atoms with Crippen LogP contribution in [0.1, 0.15) is 173 Å². The highest BCUT2D eigenvalue weighted by atomic mass is 79.9. The molecule has 37 heteroatoms. The largest absolute Gasteiger partial charge is 0.506 e. The number of carboxylic acids is 1. The quantitative estimate of drug-likeness (QED) is 0.00711. The molecule has 5 aliphatic heterocycles. The summed E-state index contributed by atoms with van der Waals surface area (Å²) in [5.41, 5.74) is 4.14. The Kier molecular flexibility index (Phi) is 39.0. The Bertz CT molecular complexity index is 4530. The number of methoxy groups -OCH3 is 2. The predicted octanol–water partition coefficient (Wildman–Crippen LogP) is 9.29. The Morgan fingerprint density at radius 2 is 1.33 bits per heavy atom. The molecule has 3 fully saturated rings. The zero-order chi connectivity index (χ0) is 91.4. The number of phenols is 1. The van der Waals surface area contributed by atoms with E-state index in [4.69, 9.17) is 42.6 Å². The molecule has 3 saturated heterocycles. The molecule has 0 saturated carbocycles. The number of ether oxygens (including phenoxy) is 9. The molecule has 9 rings (SSSR count). The van der Waals surface area contributed by atoms with E-state index in [0.717, 1.165) is 48.3 Å². The van der Waals surface area contributed by atoms with Gasteiger partial charge in [-0.1, -0.05) is 110 Å². The van der Waals surface area contributed by atoms with Crippen molar-refractivity contribution in [2.45, 2.75) is 183 Å². The number of hydrogen-bond acceptors (Lipinski definition) is 25. The highest BCUT2D eigenvalue weighted by Gasteiger charge is 2.43. The van der Waals surface area contributed by atoms with Crippen molar-refractivity contribution < 1.29 is 106 Å². The van der Waals surface area contributed by atoms with E-state index >= 15 is 0 Å². The third kappa shape index (κ3) is 28.2. The van der Waals surface area contributed by atoms with Crippen LogP contribution in [0.5, 0.6) is 28.7 Å². The summed E-state index contributed by atoms with van der Waals surface area (Å²) < 4.78 is 52.3. The molecular weight excluding hydrogens is 1780 g/mol. The number of esters is 1. The van der Waals surface area contributed by atoms with E-state index in [-0.39, 0.29) is 181 Å². The number of aromatic nitrogens is 1. The average molecular weight is 1900 g/mol. The van der Waals surface area contributed by atoms with E-state index in [9.17, 15) is 63.0 Å². The van der Waals surface area contributed by atoms with Crippen molar-refractivity contribution in [3.05, 3.63) is 99.5 Å². The van der Waals surface area contributed by atoms with Crippen molar-refractivity contribution in [2.75, 3.05) is 144 Å². The van der Waals surface area contributed by atoms with Gasteiger partial charge in [0.05, 0.1) is 145 Å². The molecule has 1 aromatic heterocycles. The average Bonchev–Trinajstić information content (AvgIpc) is 1.61. The first kappa shape index (κ1) is 100. The van der Waals surface area contributed by atoms with Gasteiger partial charge in [-0.15, -0.1) is 11.3 Å². The fourth-order valence-electron chi connectivity index (χ4n) is 15.6. The van der Waals surface area contributed by atoms with Gasteiger partial charge in [0.25, 0.3) is 17.7 Å². The number of anilines is 2. The Morgan fingerprint density at radius 1 is 0.722 bits per heavy atom. The highest BCUT2D eigenvalue weighted by Crippen LogP contribution is 2.43. The first-order valence-corrected chi connectivity index (χ1v) is 45.7. The second kappa shape index (κ2) is 49.1. The number of fused-ring (bicyclic) bond motifs is 4. The van der Waals surface area contributed by atoms with Crippen LogP contribution in [0, 0.1) is 17.8 Å². The third-order valence-electron chi connectivity index (χ3n) is 22.9. The second-order valence-electron chi connectivity index (χ2n) is 32.7. The SMILES string of the molecule is C=C1C[C@H]2CN(C(=O)CCOCCOCCNC(=O)C(Br)C(Br)C(=O)NCCOCCOCCC(=O)Nc3cc(C[C@@H](CC(C)C(=O)O)NC(=O)c4csc([C@@H](CC(C(C)C)N(C)C(=O)[C@@H](NC(=O)[C@H]5CCCCN5C)[C@@H](C)CC)OC(C)=O)n4)ccc3O)c3cc(OCCCCCOc4cc5c(cc4OC)C(=O)N4CC(=C)C[C@H]4C=N5)c(OC)cc3C(=O)N2C1. The summed E-state index contributed by atoms with van der Waals surface area (Å²) in [6.07, 6.45) is 7.43. The number of phenolic OH excluding ortho intramolecular Hbond substituents is 1. The number of unbranched alkanes of at least 4 members (excludes halogenated alkanes) is 2. The van der Waals surface area contributed by atoms with Gasteiger partial charge in [-0.05, 0) is 113 Å². The lowest BCUT2D eigenvalue weighted by molar-refractivity contribution is -0.149. The summed E-state index contributed by atoms with van der Waals surface area (Å²) in [6.45, 7) is 22.3. The molecule has 11 atom stereocenters. The number of thiazole rings is 1. The van der Waals surface area contributed by atoms with E-state index in [1.165, 1.54) is 45.6 Å². The number of carbonyl (C=O) groups is 11. The molecule has 0 spiro atoms. The molecule has 3 aromatic carbocycles. The number of hydrogen-bond donors (Lipinski definition) is 7. The zero-order valence-corrected chi connectivity index (χ0v) is 77.6. The second-order valence-corrected chi connectivity index (χ2v) is 35.6. The zero-order valence-electron chi connectivity index (χ0n) is 73.6. The van der Waals surface area contributed by atoms with Gasteiger partial charge in [0.2, 0.25) is 35.4 Å². The van der Waals surface area contributed by atoms with Gasteiger partial charge in [-0.25, -0.2) is 4.98 Å². The van der Waals surface area contributed by atoms with Crippen molar-refractivity contribution in [2.24, 2.45) is 22.7 Å². The molecule has 4 aromatic rings. The fourth-order valence-corrected chi connectivity index (χ4v) is 17.3. The number of nitrogens with zero attached hydrogens (tertiary/aromatic N) is 7. The topological polar surface area (TPSA) is 413 Å². The minimum Gasteiger partial charge on any atom is -0.506 e. The van der Waals surface area contributed by atoms with Crippen LogP contribution >= 0.6 is 43.2 Å². The molecular formula is C89H122Br2N12O22S. The highest BCUT2D eigenvalue weighted by molar-refractivity contribution is 9.12. The summed E-state index contributed by atoms with van der Waals surface area (Å²) in [6, 6.07) is 8.35. The normalized spacial score (nSPS) is 18.1. The van der Waals surface area contributed by atoms with Crippen molar-refractivity contribution >= 4 is 132 Å². The molecule has 690 valence electrons. The number of halogens is 2. The molecule has 34 nitrogen and oxygen atoms in total. The van der Waals surface area contributed by atoms with Gasteiger partial charge in [-0.3, -0.25) is 62.6 Å². The number of benzene rings is 3. The maximum Gasteiger partial charge on any atom is 0.306 e. The maximum atomic E-state index is 14.4. The van der Waals surface area contributed by atoms with Gasteiger partial charge < -0.3 is 99.0 Å². The van der Waals surface area contributed by atoms with Crippen molar-refractivity contribution in [1.82, 2.24) is 45.9 Å². The number of nitrogens with one attached hydrogen (secondary N) is 5. The summed E-state index contributed by atoms with van der Waals surface area (Å²) in [5.74, 6) is -4.71. The lowest BCUT2D eigenvalue weighted by Crippen LogP contribution is -2.58. The number of carboxylic acid groups (broad SMARTS) is 1. The van der Waals surface area contributed by atoms with Crippen molar-refractivity contribution in [3.63, 3.8) is 0 Å². The first-order valence-electron chi connectivity index (χ1n) is 43.0. The molecule has 126 heavy (non-hydrogen) atoms. The van der Waals surface area contributed by atoms with Gasteiger partial charge >= 0.3 is 11.9 Å². The maximum absolute atomic E-state index is 14.4. The van der Waals surface area contributed by atoms with Crippen molar-refractivity contribution in [1.29, 1.82) is 0 Å². The Labute approximate surface area is 756 Å². The smallest absolute Gasteiger partial charge is 0.306 e. The number of alkyl halides is 2.